The zero-order chi connectivity index (χ0) is 16.4. The molecule has 2 N–H and O–H groups in total. The summed E-state index contributed by atoms with van der Waals surface area (Å²) >= 11 is 0. The molecule has 9 heteroatoms. The summed E-state index contributed by atoms with van der Waals surface area (Å²) in [5.41, 5.74) is 0. The van der Waals surface area contributed by atoms with Gasteiger partial charge in [-0.05, 0) is 19.3 Å². The minimum atomic E-state index is -0.273. The molecule has 3 heterocycles. The number of carbonyl (C=O) groups is 1. The first-order valence-corrected chi connectivity index (χ1v) is 8.63. The highest BCUT2D eigenvalue weighted by Gasteiger charge is 2.22. The van der Waals surface area contributed by atoms with Gasteiger partial charge in [-0.2, -0.15) is 5.10 Å². The van der Waals surface area contributed by atoms with E-state index in [0.29, 0.717) is 18.5 Å². The summed E-state index contributed by atoms with van der Waals surface area (Å²) in [5.74, 6) is 1.33. The van der Waals surface area contributed by atoms with Crippen molar-refractivity contribution in [2.45, 2.75) is 63.6 Å². The molecule has 1 unspecified atom stereocenters. The molecule has 1 aliphatic carbocycles. The number of aryl methyl sites for hydroxylation is 1. The lowest BCUT2D eigenvalue weighted by Gasteiger charge is -2.23. The van der Waals surface area contributed by atoms with Gasteiger partial charge in [0.05, 0.1) is 18.6 Å². The van der Waals surface area contributed by atoms with Crippen molar-refractivity contribution >= 4 is 12.0 Å². The molecule has 1 atom stereocenters. The smallest absolute Gasteiger partial charge is 0.321 e. The Morgan fingerprint density at radius 2 is 2.04 bits per heavy atom. The summed E-state index contributed by atoms with van der Waals surface area (Å²) in [6, 6.07) is 0.179. The highest BCUT2D eigenvalue weighted by molar-refractivity contribution is 5.87. The average molecular weight is 330 g/mol. The van der Waals surface area contributed by atoms with Crippen molar-refractivity contribution < 1.29 is 4.79 Å². The zero-order valence-corrected chi connectivity index (χ0v) is 13.6. The second kappa shape index (κ2) is 6.58. The van der Waals surface area contributed by atoms with E-state index in [9.17, 15) is 4.79 Å². The van der Waals surface area contributed by atoms with Crippen molar-refractivity contribution in [3.05, 3.63) is 18.5 Å². The van der Waals surface area contributed by atoms with Crippen molar-refractivity contribution in [1.82, 2.24) is 34.8 Å². The van der Waals surface area contributed by atoms with Gasteiger partial charge in [-0.25, -0.2) is 24.1 Å². The third kappa shape index (κ3) is 3.24. The number of nitrogens with one attached hydrogen (secondary N) is 2. The first kappa shape index (κ1) is 15.1. The van der Waals surface area contributed by atoms with Crippen LogP contribution in [0.5, 0.6) is 0 Å². The highest BCUT2D eigenvalue weighted by Crippen LogP contribution is 2.27. The van der Waals surface area contributed by atoms with Crippen molar-refractivity contribution in [2.24, 2.45) is 0 Å². The van der Waals surface area contributed by atoms with Gasteiger partial charge in [0.25, 0.3) is 0 Å². The number of nitrogens with zero attached hydrogens (tertiary/aromatic N) is 6. The largest absolute Gasteiger partial charge is 0.333 e. The minimum absolute atomic E-state index is 0.0413. The highest BCUT2D eigenvalue weighted by atomic mass is 16.2. The van der Waals surface area contributed by atoms with E-state index in [2.05, 4.69) is 30.8 Å². The number of anilines is 1. The maximum absolute atomic E-state index is 12.2. The Morgan fingerprint density at radius 1 is 1.17 bits per heavy atom. The van der Waals surface area contributed by atoms with E-state index in [4.69, 9.17) is 0 Å². The number of urea groups is 1. The van der Waals surface area contributed by atoms with Crippen LogP contribution in [0.1, 0.15) is 50.4 Å². The van der Waals surface area contributed by atoms with Crippen LogP contribution >= 0.6 is 0 Å². The lowest BCUT2D eigenvalue weighted by molar-refractivity contribution is 0.243. The maximum Gasteiger partial charge on any atom is 0.321 e. The number of rotatable bonds is 3. The molecule has 0 spiro atoms. The summed E-state index contributed by atoms with van der Waals surface area (Å²) < 4.78 is 3.72. The van der Waals surface area contributed by atoms with E-state index in [1.807, 2.05) is 9.36 Å². The number of hydrogen-bond acceptors (Lipinski definition) is 5. The Morgan fingerprint density at radius 3 is 2.92 bits per heavy atom. The van der Waals surface area contributed by atoms with Gasteiger partial charge in [0.15, 0.2) is 0 Å². The summed E-state index contributed by atoms with van der Waals surface area (Å²) in [5, 5.41) is 14.2. The van der Waals surface area contributed by atoms with E-state index >= 15 is 0 Å². The van der Waals surface area contributed by atoms with Crippen LogP contribution in [0.25, 0.3) is 0 Å². The molecule has 1 aliphatic heterocycles. The number of aromatic nitrogens is 6. The second-order valence-corrected chi connectivity index (χ2v) is 6.53. The molecule has 2 aromatic rings. The Bertz CT molecular complexity index is 702. The van der Waals surface area contributed by atoms with Crippen LogP contribution in [0.2, 0.25) is 0 Å². The summed E-state index contributed by atoms with van der Waals surface area (Å²) in [4.78, 5) is 20.6. The van der Waals surface area contributed by atoms with Gasteiger partial charge in [-0.3, -0.25) is 5.32 Å². The molecule has 4 rings (SSSR count). The predicted octanol–water partition coefficient (Wildman–Crippen LogP) is 1.51. The fourth-order valence-corrected chi connectivity index (χ4v) is 3.53. The lowest BCUT2D eigenvalue weighted by atomic mass is 9.96. The van der Waals surface area contributed by atoms with Crippen LogP contribution in [-0.4, -0.2) is 41.6 Å². The number of hydrogen-bond donors (Lipinski definition) is 2. The van der Waals surface area contributed by atoms with Crippen LogP contribution in [0.3, 0.4) is 0 Å². The normalized spacial score (nSPS) is 21.2. The van der Waals surface area contributed by atoms with Crippen molar-refractivity contribution in [3.63, 3.8) is 0 Å². The monoisotopic (exact) mass is 330 g/mol. The summed E-state index contributed by atoms with van der Waals surface area (Å²) in [6.07, 6.45) is 11.0. The first-order chi connectivity index (χ1) is 11.8. The van der Waals surface area contributed by atoms with Gasteiger partial charge in [-0.1, -0.05) is 19.3 Å². The van der Waals surface area contributed by atoms with Gasteiger partial charge in [0.2, 0.25) is 5.95 Å². The zero-order valence-electron chi connectivity index (χ0n) is 13.6. The molecular weight excluding hydrogens is 308 g/mol. The molecule has 128 valence electrons. The molecule has 2 aliphatic rings. The van der Waals surface area contributed by atoms with Crippen molar-refractivity contribution in [2.75, 3.05) is 5.32 Å². The molecule has 2 amide bonds. The maximum atomic E-state index is 12.2. The molecule has 2 aromatic heterocycles. The molecular formula is C15H22N8O. The van der Waals surface area contributed by atoms with Crippen LogP contribution < -0.4 is 10.6 Å². The van der Waals surface area contributed by atoms with Crippen LogP contribution in [0, 0.1) is 0 Å². The fraction of sp³-hybridized carbons (Fsp3) is 0.667. The van der Waals surface area contributed by atoms with Crippen LogP contribution in [0.4, 0.5) is 10.7 Å². The molecule has 0 bridgehead atoms. The van der Waals surface area contributed by atoms with Gasteiger partial charge in [0.1, 0.15) is 18.5 Å². The minimum Gasteiger partial charge on any atom is -0.333 e. The molecule has 1 fully saturated rings. The molecule has 9 nitrogen and oxygen atoms in total. The van der Waals surface area contributed by atoms with Crippen molar-refractivity contribution in [3.8, 4) is 0 Å². The van der Waals surface area contributed by atoms with Crippen LogP contribution in [-0.2, 0) is 13.0 Å². The third-order valence-electron chi connectivity index (χ3n) is 4.82. The Kier molecular flexibility index (Phi) is 4.14. The fourth-order valence-electron chi connectivity index (χ4n) is 3.53. The van der Waals surface area contributed by atoms with Gasteiger partial charge < -0.3 is 5.32 Å². The van der Waals surface area contributed by atoms with Gasteiger partial charge in [-0.15, -0.1) is 5.10 Å². The predicted molar refractivity (Wildman–Crippen MR) is 86.4 cm³/mol. The van der Waals surface area contributed by atoms with E-state index in [1.165, 1.54) is 19.3 Å². The lowest BCUT2D eigenvalue weighted by Crippen LogP contribution is -2.43. The number of fused-ring (bicyclic) bond motifs is 1. The quantitative estimate of drug-likeness (QED) is 0.888. The topological polar surface area (TPSA) is 103 Å². The Balaban J connectivity index is 1.31. The summed E-state index contributed by atoms with van der Waals surface area (Å²) in [6.45, 7) is 0.646. The number of amides is 2. The SMILES string of the molecule is O=C(Nc1ncn(C2CCCCC2)n1)NC1CCc2ncnn2C1. The van der Waals surface area contributed by atoms with E-state index < -0.39 is 0 Å². The molecule has 24 heavy (non-hydrogen) atoms. The van der Waals surface area contributed by atoms with Gasteiger partial charge in [0, 0.05) is 6.42 Å². The van der Waals surface area contributed by atoms with Crippen LogP contribution in [0.15, 0.2) is 12.7 Å². The van der Waals surface area contributed by atoms with Gasteiger partial charge >= 0.3 is 6.03 Å². The Labute approximate surface area is 139 Å². The second-order valence-electron chi connectivity index (χ2n) is 6.53. The molecule has 0 radical (unpaired) electrons. The van der Waals surface area contributed by atoms with E-state index in [0.717, 1.165) is 31.5 Å². The van der Waals surface area contributed by atoms with E-state index in [1.54, 1.807) is 12.7 Å². The molecule has 0 aromatic carbocycles. The Hall–Kier alpha value is -2.45. The standard InChI is InChI=1S/C15H22N8O/c24-15(19-11-6-7-13-16-9-18-22(13)8-11)20-14-17-10-23(21-14)12-4-2-1-3-5-12/h9-12H,1-8H2,(H2,19,20,21,24). The van der Waals surface area contributed by atoms with E-state index in [-0.39, 0.29) is 12.1 Å². The average Bonchev–Trinajstić information content (AvgIpc) is 3.24. The third-order valence-corrected chi connectivity index (χ3v) is 4.82. The number of carbonyl (C=O) groups excluding carboxylic acids is 1. The first-order valence-electron chi connectivity index (χ1n) is 8.63. The van der Waals surface area contributed by atoms with Crippen molar-refractivity contribution in [1.29, 1.82) is 0 Å². The molecule has 1 saturated carbocycles. The molecule has 0 saturated heterocycles. The summed E-state index contributed by atoms with van der Waals surface area (Å²) in [7, 11) is 0.